The first-order valence-electron chi connectivity index (χ1n) is 8.96. The first-order valence-corrected chi connectivity index (χ1v) is 10.3. The number of halogens is 1. The number of aryl methyl sites for hydroxylation is 2. The van der Waals surface area contributed by atoms with Crippen LogP contribution in [0, 0.1) is 13.8 Å². The van der Waals surface area contributed by atoms with Crippen molar-refractivity contribution >= 4 is 23.4 Å². The van der Waals surface area contributed by atoms with Gasteiger partial charge in [0, 0.05) is 23.2 Å². The molecule has 0 amide bonds. The number of oxazole rings is 1. The number of hydrogen-bond donors (Lipinski definition) is 0. The van der Waals surface area contributed by atoms with E-state index in [0.29, 0.717) is 16.7 Å². The molecule has 0 saturated heterocycles. The summed E-state index contributed by atoms with van der Waals surface area (Å²) in [6.07, 6.45) is 0. The molecule has 2 aromatic carbocycles. The minimum Gasteiger partial charge on any atom is -0.497 e. The average molecular weight is 427 g/mol. The van der Waals surface area contributed by atoms with Crippen LogP contribution in [0.3, 0.4) is 0 Å². The first-order chi connectivity index (χ1) is 14.0. The Hall–Kier alpha value is -2.77. The summed E-state index contributed by atoms with van der Waals surface area (Å²) in [5.41, 5.74) is 2.76. The number of benzene rings is 2. The van der Waals surface area contributed by atoms with E-state index in [1.807, 2.05) is 66.9 Å². The van der Waals surface area contributed by atoms with E-state index in [2.05, 4.69) is 15.2 Å². The van der Waals surface area contributed by atoms with Gasteiger partial charge in [0.05, 0.1) is 18.6 Å². The van der Waals surface area contributed by atoms with Crippen molar-refractivity contribution in [2.75, 3.05) is 7.11 Å². The molecule has 148 valence electrons. The lowest BCUT2D eigenvalue weighted by molar-refractivity contribution is 0.415. The van der Waals surface area contributed by atoms with Gasteiger partial charge in [-0.05, 0) is 55.5 Å². The molecule has 0 aliphatic heterocycles. The molecule has 2 heterocycles. The van der Waals surface area contributed by atoms with E-state index in [0.717, 1.165) is 39.4 Å². The van der Waals surface area contributed by atoms with Crippen molar-refractivity contribution in [2.45, 2.75) is 24.8 Å². The van der Waals surface area contributed by atoms with Gasteiger partial charge in [-0.2, -0.15) is 0 Å². The molecule has 0 unspecified atom stereocenters. The van der Waals surface area contributed by atoms with Crippen LogP contribution in [0.1, 0.15) is 17.3 Å². The van der Waals surface area contributed by atoms with Crippen LogP contribution in [-0.2, 0) is 5.75 Å². The van der Waals surface area contributed by atoms with Crippen molar-refractivity contribution in [1.82, 2.24) is 19.7 Å². The average Bonchev–Trinajstić information content (AvgIpc) is 3.29. The van der Waals surface area contributed by atoms with Crippen molar-refractivity contribution in [2.24, 2.45) is 0 Å². The van der Waals surface area contributed by atoms with E-state index >= 15 is 0 Å². The second-order valence-corrected chi connectivity index (χ2v) is 7.76. The number of methoxy groups -OCH3 is 1. The molecule has 4 rings (SSSR count). The third kappa shape index (κ3) is 4.16. The summed E-state index contributed by atoms with van der Waals surface area (Å²) in [4.78, 5) is 4.33. The number of hydrogen-bond acceptors (Lipinski definition) is 6. The third-order valence-corrected chi connectivity index (χ3v) is 5.58. The summed E-state index contributed by atoms with van der Waals surface area (Å²) >= 11 is 7.63. The summed E-state index contributed by atoms with van der Waals surface area (Å²) in [6.45, 7) is 3.79. The summed E-state index contributed by atoms with van der Waals surface area (Å²) < 4.78 is 13.0. The molecule has 0 atom stereocenters. The molecule has 0 bridgehead atoms. The Kier molecular flexibility index (Phi) is 5.60. The number of thioether (sulfide) groups is 1. The molecular formula is C21H19ClN4O2S. The fourth-order valence-electron chi connectivity index (χ4n) is 2.95. The molecule has 6 nitrogen and oxygen atoms in total. The Morgan fingerprint density at radius 1 is 1.03 bits per heavy atom. The Labute approximate surface area is 177 Å². The van der Waals surface area contributed by atoms with Crippen molar-refractivity contribution in [1.29, 1.82) is 0 Å². The van der Waals surface area contributed by atoms with E-state index in [1.54, 1.807) is 18.9 Å². The van der Waals surface area contributed by atoms with Crippen LogP contribution < -0.4 is 4.74 Å². The maximum Gasteiger partial charge on any atom is 0.196 e. The van der Waals surface area contributed by atoms with E-state index in [1.165, 1.54) is 0 Å². The molecule has 4 aromatic rings. The van der Waals surface area contributed by atoms with E-state index in [-0.39, 0.29) is 0 Å². The van der Waals surface area contributed by atoms with Crippen molar-refractivity contribution in [3.8, 4) is 22.8 Å². The van der Waals surface area contributed by atoms with Gasteiger partial charge in [-0.1, -0.05) is 23.4 Å². The highest BCUT2D eigenvalue weighted by Crippen LogP contribution is 2.31. The highest BCUT2D eigenvalue weighted by atomic mass is 35.5. The lowest BCUT2D eigenvalue weighted by Gasteiger charge is -2.11. The third-order valence-electron chi connectivity index (χ3n) is 4.40. The van der Waals surface area contributed by atoms with Gasteiger partial charge in [-0.25, -0.2) is 4.98 Å². The topological polar surface area (TPSA) is 66.0 Å². The van der Waals surface area contributed by atoms with Gasteiger partial charge in [0.2, 0.25) is 0 Å². The molecular weight excluding hydrogens is 408 g/mol. The Bertz CT molecular complexity index is 1120. The monoisotopic (exact) mass is 426 g/mol. The zero-order chi connectivity index (χ0) is 20.4. The highest BCUT2D eigenvalue weighted by molar-refractivity contribution is 7.98. The fraction of sp³-hybridized carbons (Fsp3) is 0.190. The van der Waals surface area contributed by atoms with Gasteiger partial charge in [-0.3, -0.25) is 4.57 Å². The van der Waals surface area contributed by atoms with Crippen LogP contribution in [0.4, 0.5) is 0 Å². The fourth-order valence-corrected chi connectivity index (χ4v) is 4.02. The van der Waals surface area contributed by atoms with Gasteiger partial charge >= 0.3 is 0 Å². The van der Waals surface area contributed by atoms with Gasteiger partial charge < -0.3 is 9.15 Å². The van der Waals surface area contributed by atoms with Crippen molar-refractivity contribution < 1.29 is 9.15 Å². The zero-order valence-corrected chi connectivity index (χ0v) is 17.8. The highest BCUT2D eigenvalue weighted by Gasteiger charge is 2.18. The second-order valence-electron chi connectivity index (χ2n) is 6.38. The molecule has 0 spiro atoms. The molecule has 0 radical (unpaired) electrons. The summed E-state index contributed by atoms with van der Waals surface area (Å²) in [5, 5.41) is 10.3. The number of ether oxygens (including phenoxy) is 1. The number of aromatic nitrogens is 4. The maximum absolute atomic E-state index is 6.09. The smallest absolute Gasteiger partial charge is 0.196 e. The van der Waals surface area contributed by atoms with Crippen LogP contribution in [0.25, 0.3) is 17.1 Å². The predicted molar refractivity (Wildman–Crippen MR) is 114 cm³/mol. The number of rotatable bonds is 6. The Morgan fingerprint density at radius 3 is 2.38 bits per heavy atom. The largest absolute Gasteiger partial charge is 0.497 e. The number of nitrogens with zero attached hydrogens (tertiary/aromatic N) is 4. The minimum atomic E-state index is 0.612. The van der Waals surface area contributed by atoms with E-state index in [9.17, 15) is 0 Å². The lowest BCUT2D eigenvalue weighted by atomic mass is 10.2. The lowest BCUT2D eigenvalue weighted by Crippen LogP contribution is -2.00. The second kappa shape index (κ2) is 8.31. The van der Waals surface area contributed by atoms with Gasteiger partial charge in [0.1, 0.15) is 11.5 Å². The van der Waals surface area contributed by atoms with Crippen LogP contribution >= 0.6 is 23.4 Å². The zero-order valence-electron chi connectivity index (χ0n) is 16.2. The van der Waals surface area contributed by atoms with Gasteiger partial charge in [-0.15, -0.1) is 10.2 Å². The quantitative estimate of drug-likeness (QED) is 0.379. The van der Waals surface area contributed by atoms with Gasteiger partial charge in [0.25, 0.3) is 0 Å². The summed E-state index contributed by atoms with van der Waals surface area (Å²) in [6, 6.07) is 15.4. The summed E-state index contributed by atoms with van der Waals surface area (Å²) in [5.74, 6) is 3.64. The first kappa shape index (κ1) is 19.5. The van der Waals surface area contributed by atoms with Crippen LogP contribution in [0.2, 0.25) is 5.02 Å². The molecule has 8 heteroatoms. The Balaban J connectivity index is 1.73. The molecule has 0 aliphatic rings. The molecule has 0 aliphatic carbocycles. The van der Waals surface area contributed by atoms with Crippen LogP contribution in [-0.4, -0.2) is 26.9 Å². The SMILES string of the molecule is COc1ccc(-c2nnc(SCc3oc(C)nc3C)n2-c2ccc(Cl)cc2)cc1. The van der Waals surface area contributed by atoms with Crippen LogP contribution in [0.5, 0.6) is 5.75 Å². The standard InChI is InChI=1S/C21H19ClN4O2S/c1-13-19(28-14(2)23-13)12-29-21-25-24-20(15-4-10-18(27-3)11-5-15)26(21)17-8-6-16(22)7-9-17/h4-11H,12H2,1-3H3. The van der Waals surface area contributed by atoms with Gasteiger partial charge in [0.15, 0.2) is 16.9 Å². The van der Waals surface area contributed by atoms with Crippen molar-refractivity contribution in [3.05, 3.63) is 70.9 Å². The molecule has 29 heavy (non-hydrogen) atoms. The molecule has 0 saturated carbocycles. The summed E-state index contributed by atoms with van der Waals surface area (Å²) in [7, 11) is 1.65. The normalized spacial score (nSPS) is 11.0. The molecule has 2 aromatic heterocycles. The maximum atomic E-state index is 6.09. The van der Waals surface area contributed by atoms with E-state index in [4.69, 9.17) is 20.8 Å². The molecule has 0 N–H and O–H groups in total. The van der Waals surface area contributed by atoms with Crippen molar-refractivity contribution in [3.63, 3.8) is 0 Å². The predicted octanol–water partition coefficient (Wildman–Crippen LogP) is 5.49. The minimum absolute atomic E-state index is 0.612. The van der Waals surface area contributed by atoms with Crippen LogP contribution in [0.15, 0.2) is 58.1 Å². The Morgan fingerprint density at radius 2 is 1.76 bits per heavy atom. The van der Waals surface area contributed by atoms with E-state index < -0.39 is 0 Å². The molecule has 0 fully saturated rings.